The summed E-state index contributed by atoms with van der Waals surface area (Å²) in [5.41, 5.74) is 0.518. The summed E-state index contributed by atoms with van der Waals surface area (Å²) in [6, 6.07) is 9.57. The van der Waals surface area contributed by atoms with E-state index in [2.05, 4.69) is 15.3 Å². The number of nitrogens with zero attached hydrogens (tertiary/aromatic N) is 3. The Kier molecular flexibility index (Phi) is 5.42. The predicted molar refractivity (Wildman–Crippen MR) is 91.2 cm³/mol. The van der Waals surface area contributed by atoms with Crippen molar-refractivity contribution in [2.24, 2.45) is 0 Å². The summed E-state index contributed by atoms with van der Waals surface area (Å²) >= 11 is 0. The molecule has 1 aromatic heterocycles. The van der Waals surface area contributed by atoms with Crippen molar-refractivity contribution in [3.63, 3.8) is 0 Å². The van der Waals surface area contributed by atoms with Crippen LogP contribution in [0.15, 0.2) is 36.5 Å². The van der Waals surface area contributed by atoms with E-state index >= 15 is 0 Å². The zero-order chi connectivity index (χ0) is 18.4. The van der Waals surface area contributed by atoms with E-state index in [-0.39, 0.29) is 18.2 Å². The van der Waals surface area contributed by atoms with Crippen LogP contribution in [0.3, 0.4) is 0 Å². The van der Waals surface area contributed by atoms with Gasteiger partial charge in [0.25, 0.3) is 0 Å². The summed E-state index contributed by atoms with van der Waals surface area (Å²) in [5.74, 6) is -0.303. The Morgan fingerprint density at radius 2 is 2.12 bits per heavy atom. The number of ether oxygens (including phenoxy) is 1. The highest BCUT2D eigenvalue weighted by Gasteiger charge is 2.37. The maximum Gasteiger partial charge on any atom is 0.408 e. The van der Waals surface area contributed by atoms with Crippen LogP contribution in [0.5, 0.6) is 0 Å². The number of benzene rings is 1. The smallest absolute Gasteiger partial charge is 0.408 e. The lowest BCUT2D eigenvalue weighted by Crippen LogP contribution is -2.48. The van der Waals surface area contributed by atoms with Crippen LogP contribution in [0, 0.1) is 17.1 Å². The molecule has 1 amide bonds. The summed E-state index contributed by atoms with van der Waals surface area (Å²) in [4.78, 5) is 20.5. The van der Waals surface area contributed by atoms with Crippen LogP contribution in [0.1, 0.15) is 49.2 Å². The van der Waals surface area contributed by atoms with Gasteiger partial charge in [-0.3, -0.25) is 0 Å². The van der Waals surface area contributed by atoms with Gasteiger partial charge in [-0.2, -0.15) is 5.26 Å². The molecule has 0 unspecified atom stereocenters. The molecular weight excluding hydrogens is 335 g/mol. The molecule has 1 N–H and O–H groups in total. The third-order valence-electron chi connectivity index (χ3n) is 4.55. The average molecular weight is 354 g/mol. The van der Waals surface area contributed by atoms with E-state index in [0.29, 0.717) is 24.1 Å². The molecule has 1 saturated carbocycles. The molecule has 1 aliphatic carbocycles. The van der Waals surface area contributed by atoms with Crippen molar-refractivity contribution in [3.05, 3.63) is 59.4 Å². The molecule has 0 spiro atoms. The Hall–Kier alpha value is -3.01. The van der Waals surface area contributed by atoms with Gasteiger partial charge in [0.2, 0.25) is 5.82 Å². The number of rotatable bonds is 4. The molecule has 7 heteroatoms. The first kappa shape index (κ1) is 17.8. The number of alkyl carbamates (subject to hydrolysis) is 1. The molecule has 0 bridgehead atoms. The molecule has 1 aromatic carbocycles. The van der Waals surface area contributed by atoms with Gasteiger partial charge in [0.15, 0.2) is 0 Å². The number of carbonyl (C=O) groups excluding carboxylic acids is 1. The first-order valence-electron chi connectivity index (χ1n) is 8.54. The number of halogens is 1. The van der Waals surface area contributed by atoms with Crippen molar-refractivity contribution < 1.29 is 13.9 Å². The lowest BCUT2D eigenvalue weighted by molar-refractivity contribution is 0.115. The van der Waals surface area contributed by atoms with E-state index in [1.165, 1.54) is 18.3 Å². The second-order valence-corrected chi connectivity index (χ2v) is 6.35. The van der Waals surface area contributed by atoms with Crippen molar-refractivity contribution >= 4 is 6.09 Å². The van der Waals surface area contributed by atoms with Gasteiger partial charge in [0, 0.05) is 6.20 Å². The largest absolute Gasteiger partial charge is 0.445 e. The minimum absolute atomic E-state index is 0.0209. The molecule has 134 valence electrons. The molecule has 0 aliphatic heterocycles. The van der Waals surface area contributed by atoms with Crippen LogP contribution in [0.2, 0.25) is 0 Å². The fourth-order valence-corrected chi connectivity index (χ4v) is 3.29. The molecule has 0 radical (unpaired) electrons. The predicted octanol–water partition coefficient (Wildman–Crippen LogP) is 3.57. The molecule has 1 fully saturated rings. The molecule has 3 rings (SSSR count). The van der Waals surface area contributed by atoms with Crippen molar-refractivity contribution in [2.75, 3.05) is 0 Å². The van der Waals surface area contributed by atoms with E-state index in [9.17, 15) is 9.18 Å². The number of carbonyl (C=O) groups is 1. The Labute approximate surface area is 151 Å². The number of nitrogens with one attached hydrogen (secondary N) is 1. The molecule has 0 saturated heterocycles. The maximum absolute atomic E-state index is 13.2. The molecule has 0 atom stereocenters. The van der Waals surface area contributed by atoms with Gasteiger partial charge < -0.3 is 10.1 Å². The van der Waals surface area contributed by atoms with Crippen LogP contribution in [0.25, 0.3) is 0 Å². The highest BCUT2D eigenvalue weighted by atomic mass is 19.1. The van der Waals surface area contributed by atoms with Gasteiger partial charge in [-0.25, -0.2) is 19.2 Å². The van der Waals surface area contributed by atoms with Crippen LogP contribution in [-0.4, -0.2) is 16.1 Å². The van der Waals surface area contributed by atoms with E-state index in [1.54, 1.807) is 18.2 Å². The fourth-order valence-electron chi connectivity index (χ4n) is 3.29. The van der Waals surface area contributed by atoms with Crippen molar-refractivity contribution in [1.29, 1.82) is 5.26 Å². The molecule has 6 nitrogen and oxygen atoms in total. The second-order valence-electron chi connectivity index (χ2n) is 6.35. The highest BCUT2D eigenvalue weighted by molar-refractivity contribution is 5.68. The Balaban J connectivity index is 1.73. The van der Waals surface area contributed by atoms with Crippen LogP contribution in [-0.2, 0) is 16.9 Å². The topological polar surface area (TPSA) is 87.9 Å². The normalized spacial score (nSPS) is 15.7. The summed E-state index contributed by atoms with van der Waals surface area (Å²) in [6.45, 7) is -0.0209. The lowest BCUT2D eigenvalue weighted by atomic mass is 9.79. The SMILES string of the molecule is N#Cc1nccc(C2(NC(=O)OCc3cccc(F)c3)CCCCC2)n1. The van der Waals surface area contributed by atoms with Gasteiger partial charge in [-0.05, 0) is 36.6 Å². The number of amides is 1. The van der Waals surface area contributed by atoms with E-state index in [0.717, 1.165) is 19.3 Å². The van der Waals surface area contributed by atoms with Crippen LogP contribution < -0.4 is 5.32 Å². The van der Waals surface area contributed by atoms with E-state index < -0.39 is 11.6 Å². The second kappa shape index (κ2) is 7.91. The molecule has 2 aromatic rings. The summed E-state index contributed by atoms with van der Waals surface area (Å²) in [6.07, 6.45) is 5.32. The average Bonchev–Trinajstić information content (AvgIpc) is 2.67. The standard InChI is InChI=1S/C19H19FN4O2/c20-15-6-4-5-14(11-15)13-26-18(25)24-19(8-2-1-3-9-19)16-7-10-22-17(12-21)23-16/h4-7,10-11H,1-3,8-9,13H2,(H,24,25). The Morgan fingerprint density at radius 3 is 2.85 bits per heavy atom. The fraction of sp³-hybridized carbons (Fsp3) is 0.368. The van der Waals surface area contributed by atoms with Crippen LogP contribution >= 0.6 is 0 Å². The summed E-state index contributed by atoms with van der Waals surface area (Å²) < 4.78 is 18.5. The quantitative estimate of drug-likeness (QED) is 0.907. The summed E-state index contributed by atoms with van der Waals surface area (Å²) in [5, 5.41) is 12.0. The van der Waals surface area contributed by atoms with E-state index in [4.69, 9.17) is 10.00 Å². The van der Waals surface area contributed by atoms with Gasteiger partial charge in [-0.1, -0.05) is 31.4 Å². The molecule has 1 aliphatic rings. The third kappa shape index (κ3) is 4.14. The first-order chi connectivity index (χ1) is 12.6. The Bertz CT molecular complexity index is 828. The lowest BCUT2D eigenvalue weighted by Gasteiger charge is -2.37. The number of hydrogen-bond donors (Lipinski definition) is 1. The van der Waals surface area contributed by atoms with Crippen molar-refractivity contribution in [1.82, 2.24) is 15.3 Å². The number of aromatic nitrogens is 2. The van der Waals surface area contributed by atoms with Gasteiger partial charge in [-0.15, -0.1) is 0 Å². The molecular formula is C19H19FN4O2. The van der Waals surface area contributed by atoms with Crippen LogP contribution in [0.4, 0.5) is 9.18 Å². The highest BCUT2D eigenvalue weighted by Crippen LogP contribution is 2.36. The Morgan fingerprint density at radius 1 is 1.31 bits per heavy atom. The third-order valence-corrected chi connectivity index (χ3v) is 4.55. The minimum atomic E-state index is -0.675. The van der Waals surface area contributed by atoms with Gasteiger partial charge >= 0.3 is 6.09 Å². The maximum atomic E-state index is 13.2. The van der Waals surface area contributed by atoms with E-state index in [1.807, 2.05) is 6.07 Å². The van der Waals surface area contributed by atoms with Gasteiger partial charge in [0.1, 0.15) is 18.5 Å². The van der Waals surface area contributed by atoms with Gasteiger partial charge in [0.05, 0.1) is 11.2 Å². The minimum Gasteiger partial charge on any atom is -0.445 e. The number of hydrogen-bond acceptors (Lipinski definition) is 5. The zero-order valence-corrected chi connectivity index (χ0v) is 14.2. The molecule has 26 heavy (non-hydrogen) atoms. The first-order valence-corrected chi connectivity index (χ1v) is 8.54. The zero-order valence-electron chi connectivity index (χ0n) is 14.2. The number of nitriles is 1. The van der Waals surface area contributed by atoms with Crippen molar-refractivity contribution in [3.8, 4) is 6.07 Å². The molecule has 1 heterocycles. The van der Waals surface area contributed by atoms with Crippen molar-refractivity contribution in [2.45, 2.75) is 44.2 Å². The monoisotopic (exact) mass is 354 g/mol. The summed E-state index contributed by atoms with van der Waals surface area (Å²) in [7, 11) is 0.